The second-order valence-corrected chi connectivity index (χ2v) is 11.1. The monoisotopic (exact) mass is 525 g/mol. The van der Waals surface area contributed by atoms with Crippen molar-refractivity contribution in [1.29, 1.82) is 0 Å². The molecule has 11 heteroatoms. The lowest BCUT2D eigenvalue weighted by atomic mass is 9.97. The zero-order valence-corrected chi connectivity index (χ0v) is 21.9. The molecule has 5 rings (SSSR count). The summed E-state index contributed by atoms with van der Waals surface area (Å²) in [6.07, 6.45) is 8.25. The molecule has 9 nitrogen and oxygen atoms in total. The molecule has 2 aliphatic heterocycles. The first-order chi connectivity index (χ1) is 17.6. The number of ether oxygens (including phenoxy) is 1. The topological polar surface area (TPSA) is 89.3 Å². The number of benzene rings is 2. The van der Waals surface area contributed by atoms with Crippen LogP contribution in [0.5, 0.6) is 5.75 Å². The molecule has 1 fully saturated rings. The molecule has 0 N–H and O–H groups in total. The first-order valence-electron chi connectivity index (χ1n) is 11.8. The molecule has 2 aromatic carbocycles. The summed E-state index contributed by atoms with van der Waals surface area (Å²) in [5.74, 6) is -0.764. The highest BCUT2D eigenvalue weighted by atomic mass is 32.2. The first kappa shape index (κ1) is 25.0. The predicted molar refractivity (Wildman–Crippen MR) is 138 cm³/mol. The number of methoxy groups -OCH3 is 1. The van der Waals surface area contributed by atoms with E-state index in [1.54, 1.807) is 13.4 Å². The standard InChI is InChI=1S/C26H28FN5O4S/c1-18-16-31(17-28-18)23-12-7-19(15-24(23)35-3)14-20-6-5-13-32-25(20)29-36-26(32,30(2)37(4,33)34)21-8-10-22(27)11-9-21/h7-12,14-17H,5-6,13H2,1-4H3/b20-14+/t26-/m0/s1. The van der Waals surface area contributed by atoms with Gasteiger partial charge in [0.2, 0.25) is 10.0 Å². The van der Waals surface area contributed by atoms with Crippen LogP contribution in [0.15, 0.2) is 65.7 Å². The fraction of sp³-hybridized carbons (Fsp3) is 0.308. The smallest absolute Gasteiger partial charge is 0.309 e. The highest BCUT2D eigenvalue weighted by Gasteiger charge is 2.55. The SMILES string of the molecule is COc1cc(/C=C2\CCCN3C2=NO[C@@]3(c2ccc(F)cc2)N(C)S(C)(=O)=O)ccc1-n1cnc(C)c1. The minimum Gasteiger partial charge on any atom is -0.495 e. The molecule has 1 aromatic heterocycles. The van der Waals surface area contributed by atoms with E-state index in [1.165, 1.54) is 31.3 Å². The number of rotatable bonds is 6. The Hall–Kier alpha value is -3.70. The third kappa shape index (κ3) is 4.38. The third-order valence-corrected chi connectivity index (χ3v) is 7.92. The Labute approximate surface area is 215 Å². The molecule has 3 aromatic rings. The van der Waals surface area contributed by atoms with Crippen LogP contribution in [0.25, 0.3) is 11.8 Å². The van der Waals surface area contributed by atoms with Gasteiger partial charge in [0, 0.05) is 25.4 Å². The van der Waals surface area contributed by atoms with Crippen LogP contribution in [0.3, 0.4) is 0 Å². The van der Waals surface area contributed by atoms with Gasteiger partial charge in [0.25, 0.3) is 0 Å². The molecule has 37 heavy (non-hydrogen) atoms. The van der Waals surface area contributed by atoms with E-state index in [9.17, 15) is 12.8 Å². The van der Waals surface area contributed by atoms with Gasteiger partial charge in [0.05, 0.1) is 31.1 Å². The van der Waals surface area contributed by atoms with E-state index in [1.807, 2.05) is 46.9 Å². The second-order valence-electron chi connectivity index (χ2n) is 9.13. The Bertz CT molecular complexity index is 1500. The zero-order valence-electron chi connectivity index (χ0n) is 21.1. The maximum absolute atomic E-state index is 13.7. The highest BCUT2D eigenvalue weighted by molar-refractivity contribution is 7.88. The first-order valence-corrected chi connectivity index (χ1v) is 13.6. The number of imidazole rings is 1. The van der Waals surface area contributed by atoms with Gasteiger partial charge in [-0.15, -0.1) is 4.31 Å². The van der Waals surface area contributed by atoms with Crippen LogP contribution in [0.1, 0.15) is 29.7 Å². The summed E-state index contributed by atoms with van der Waals surface area (Å²) in [7, 11) is -0.651. The molecule has 0 radical (unpaired) electrons. The Morgan fingerprint density at radius 1 is 1.22 bits per heavy atom. The van der Waals surface area contributed by atoms with E-state index in [0.29, 0.717) is 23.7 Å². The van der Waals surface area contributed by atoms with Gasteiger partial charge in [0.1, 0.15) is 11.6 Å². The van der Waals surface area contributed by atoms with Crippen molar-refractivity contribution < 1.29 is 22.4 Å². The number of fused-ring (bicyclic) bond motifs is 1. The van der Waals surface area contributed by atoms with Gasteiger partial charge in [-0.05, 0) is 73.4 Å². The van der Waals surface area contributed by atoms with E-state index in [2.05, 4.69) is 10.1 Å². The third-order valence-electron chi connectivity index (χ3n) is 6.68. The maximum atomic E-state index is 13.7. The van der Waals surface area contributed by atoms with Gasteiger partial charge in [-0.1, -0.05) is 11.2 Å². The number of aromatic nitrogens is 2. The summed E-state index contributed by atoms with van der Waals surface area (Å²) >= 11 is 0. The summed E-state index contributed by atoms with van der Waals surface area (Å²) < 4.78 is 47.8. The molecule has 2 aliphatic rings. The van der Waals surface area contributed by atoms with E-state index in [0.717, 1.165) is 45.9 Å². The van der Waals surface area contributed by atoms with Crippen molar-refractivity contribution in [2.75, 3.05) is 27.0 Å². The summed E-state index contributed by atoms with van der Waals surface area (Å²) in [6.45, 7) is 2.43. The molecule has 3 heterocycles. The Morgan fingerprint density at radius 3 is 2.62 bits per heavy atom. The van der Waals surface area contributed by atoms with E-state index in [-0.39, 0.29) is 0 Å². The Morgan fingerprint density at radius 2 is 1.97 bits per heavy atom. The number of hydrogen-bond donors (Lipinski definition) is 0. The minimum atomic E-state index is -3.71. The van der Waals surface area contributed by atoms with Crippen LogP contribution >= 0.6 is 0 Å². The number of hydrogen-bond acceptors (Lipinski definition) is 7. The van der Waals surface area contributed by atoms with Gasteiger partial charge >= 0.3 is 5.85 Å². The summed E-state index contributed by atoms with van der Waals surface area (Å²) in [4.78, 5) is 12.1. The van der Waals surface area contributed by atoms with Gasteiger partial charge in [0.15, 0.2) is 5.84 Å². The lowest BCUT2D eigenvalue weighted by Gasteiger charge is -2.43. The van der Waals surface area contributed by atoms with Crippen molar-refractivity contribution in [3.05, 3.63) is 83.2 Å². The van der Waals surface area contributed by atoms with Crippen LogP contribution in [0, 0.1) is 12.7 Å². The number of halogens is 1. The maximum Gasteiger partial charge on any atom is 0.309 e. The molecule has 0 aliphatic carbocycles. The molecule has 0 saturated carbocycles. The van der Waals surface area contributed by atoms with Crippen molar-refractivity contribution >= 4 is 21.9 Å². The number of oxime groups is 1. The molecule has 194 valence electrons. The Balaban J connectivity index is 1.54. The molecule has 1 saturated heterocycles. The van der Waals surface area contributed by atoms with Crippen molar-refractivity contribution in [3.63, 3.8) is 0 Å². The number of aryl methyl sites for hydroxylation is 1. The van der Waals surface area contributed by atoms with Gasteiger partial charge < -0.3 is 14.1 Å². The fourth-order valence-corrected chi connectivity index (χ4v) is 5.46. The van der Waals surface area contributed by atoms with Crippen LogP contribution in [0.4, 0.5) is 4.39 Å². The van der Waals surface area contributed by atoms with Gasteiger partial charge in [-0.3, -0.25) is 4.90 Å². The van der Waals surface area contributed by atoms with Crippen molar-refractivity contribution in [2.45, 2.75) is 25.6 Å². The minimum absolute atomic E-state index is 0.428. The number of piperidine rings is 1. The van der Waals surface area contributed by atoms with Crippen molar-refractivity contribution in [2.24, 2.45) is 5.16 Å². The predicted octanol–water partition coefficient (Wildman–Crippen LogP) is 3.85. The van der Waals surface area contributed by atoms with E-state index < -0.39 is 21.7 Å². The van der Waals surface area contributed by atoms with Crippen molar-refractivity contribution in [3.8, 4) is 11.4 Å². The number of amidine groups is 1. The fourth-order valence-electron chi connectivity index (χ4n) is 4.78. The van der Waals surface area contributed by atoms with Crippen LogP contribution in [0.2, 0.25) is 0 Å². The second kappa shape index (κ2) is 9.31. The zero-order chi connectivity index (χ0) is 26.4. The average Bonchev–Trinajstić information content (AvgIpc) is 3.48. The quantitative estimate of drug-likeness (QED) is 0.486. The van der Waals surface area contributed by atoms with Crippen LogP contribution in [-0.4, -0.2) is 60.0 Å². The molecule has 0 amide bonds. The number of sulfonamides is 1. The van der Waals surface area contributed by atoms with E-state index in [4.69, 9.17) is 9.57 Å². The van der Waals surface area contributed by atoms with E-state index >= 15 is 0 Å². The summed E-state index contributed by atoms with van der Waals surface area (Å²) in [5, 5.41) is 4.36. The molecular weight excluding hydrogens is 497 g/mol. The van der Waals surface area contributed by atoms with Crippen molar-refractivity contribution in [1.82, 2.24) is 18.8 Å². The van der Waals surface area contributed by atoms with Crippen LogP contribution < -0.4 is 4.74 Å². The van der Waals surface area contributed by atoms with Gasteiger partial charge in [-0.25, -0.2) is 17.8 Å². The van der Waals surface area contributed by atoms with Crippen LogP contribution in [-0.2, 0) is 20.7 Å². The normalized spacial score (nSPS) is 20.6. The highest BCUT2D eigenvalue weighted by Crippen LogP contribution is 2.43. The average molecular weight is 526 g/mol. The summed E-state index contributed by atoms with van der Waals surface area (Å²) in [6, 6.07) is 11.5. The van der Waals surface area contributed by atoms with Gasteiger partial charge in [-0.2, -0.15) is 0 Å². The molecule has 0 spiro atoms. The largest absolute Gasteiger partial charge is 0.495 e. The lowest BCUT2D eigenvalue weighted by Crippen LogP contribution is -2.59. The molecule has 1 atom stereocenters. The number of nitrogens with zero attached hydrogens (tertiary/aromatic N) is 5. The summed E-state index contributed by atoms with van der Waals surface area (Å²) in [5.41, 5.74) is 4.02. The molecular formula is C26H28FN5O4S. The molecule has 0 bridgehead atoms. The molecule has 0 unspecified atom stereocenters. The lowest BCUT2D eigenvalue weighted by molar-refractivity contribution is -0.175. The Kier molecular flexibility index (Phi) is 6.28.